The lowest BCUT2D eigenvalue weighted by Crippen LogP contribution is -2.45. The number of hydrogen-bond acceptors (Lipinski definition) is 3. The number of piperazine rings is 1. The van der Waals surface area contributed by atoms with Gasteiger partial charge >= 0.3 is 0 Å². The molecule has 0 aromatic rings. The van der Waals surface area contributed by atoms with Crippen LogP contribution in [0.15, 0.2) is 12.2 Å². The first-order valence-corrected chi connectivity index (χ1v) is 7.51. The number of nitrogens with one attached hydrogen (secondary N) is 1. The third-order valence-corrected chi connectivity index (χ3v) is 4.47. The molecule has 2 saturated heterocycles. The molecule has 2 aliphatic rings. The van der Waals surface area contributed by atoms with Gasteiger partial charge in [-0.2, -0.15) is 0 Å². The molecule has 2 aliphatic heterocycles. The molecule has 2 rings (SSSR count). The predicted octanol–water partition coefficient (Wildman–Crippen LogP) is 1.57. The molecule has 1 N–H and O–H groups in total. The van der Waals surface area contributed by atoms with E-state index in [2.05, 4.69) is 35.5 Å². The van der Waals surface area contributed by atoms with Crippen molar-refractivity contribution >= 4 is 0 Å². The van der Waals surface area contributed by atoms with Crippen LogP contribution in [0.2, 0.25) is 0 Å². The third kappa shape index (κ3) is 3.81. The maximum atomic E-state index is 4.36. The van der Waals surface area contributed by atoms with Crippen LogP contribution in [0.4, 0.5) is 0 Å². The van der Waals surface area contributed by atoms with Crippen molar-refractivity contribution in [3.63, 3.8) is 0 Å². The fourth-order valence-electron chi connectivity index (χ4n) is 3.11. The van der Waals surface area contributed by atoms with Crippen LogP contribution in [0.1, 0.15) is 26.7 Å². The summed E-state index contributed by atoms with van der Waals surface area (Å²) in [5.74, 6) is 0.759. The summed E-state index contributed by atoms with van der Waals surface area (Å²) in [7, 11) is 0. The summed E-state index contributed by atoms with van der Waals surface area (Å²) in [4.78, 5) is 5.14. The predicted molar refractivity (Wildman–Crippen MR) is 77.9 cm³/mol. The number of rotatable bonds is 4. The molecular weight excluding hydrogens is 222 g/mol. The Balaban J connectivity index is 1.73. The lowest BCUT2D eigenvalue weighted by molar-refractivity contribution is 0.155. The van der Waals surface area contributed by atoms with Crippen molar-refractivity contribution < 1.29 is 0 Å². The first kappa shape index (κ1) is 14.0. The first-order valence-electron chi connectivity index (χ1n) is 7.51. The zero-order valence-corrected chi connectivity index (χ0v) is 12.1. The Morgan fingerprint density at radius 2 is 1.78 bits per heavy atom. The van der Waals surface area contributed by atoms with Gasteiger partial charge in [0.2, 0.25) is 0 Å². The molecule has 3 nitrogen and oxygen atoms in total. The molecule has 2 fully saturated rings. The number of likely N-dealkylation sites (tertiary alicyclic amines) is 1. The summed E-state index contributed by atoms with van der Waals surface area (Å²) >= 11 is 0. The summed E-state index contributed by atoms with van der Waals surface area (Å²) in [6, 6.07) is 0.701. The Kier molecular flexibility index (Phi) is 5.22. The van der Waals surface area contributed by atoms with Gasteiger partial charge in [-0.15, -0.1) is 0 Å². The second-order valence-corrected chi connectivity index (χ2v) is 6.09. The number of nitrogens with zero attached hydrogens (tertiary/aromatic N) is 2. The Hall–Kier alpha value is -0.380. The van der Waals surface area contributed by atoms with Crippen molar-refractivity contribution in [3.8, 4) is 0 Å². The van der Waals surface area contributed by atoms with Crippen LogP contribution < -0.4 is 5.32 Å². The number of hydrogen-bond donors (Lipinski definition) is 1. The van der Waals surface area contributed by atoms with Crippen molar-refractivity contribution in [2.45, 2.75) is 32.7 Å². The van der Waals surface area contributed by atoms with Gasteiger partial charge in [-0.3, -0.25) is 4.90 Å². The highest BCUT2D eigenvalue weighted by molar-refractivity contribution is 5.05. The van der Waals surface area contributed by atoms with Crippen molar-refractivity contribution in [2.75, 3.05) is 45.8 Å². The average Bonchev–Trinajstić information content (AvgIpc) is 2.40. The van der Waals surface area contributed by atoms with Crippen molar-refractivity contribution in [3.05, 3.63) is 12.2 Å². The molecule has 3 heteroatoms. The Morgan fingerprint density at radius 1 is 1.17 bits per heavy atom. The van der Waals surface area contributed by atoms with E-state index < -0.39 is 0 Å². The van der Waals surface area contributed by atoms with Gasteiger partial charge in [0.1, 0.15) is 0 Å². The van der Waals surface area contributed by atoms with Gasteiger partial charge in [0, 0.05) is 38.8 Å². The lowest BCUT2D eigenvalue weighted by Gasteiger charge is -2.37. The number of piperidine rings is 1. The second kappa shape index (κ2) is 6.69. The van der Waals surface area contributed by atoms with E-state index in [4.69, 9.17) is 0 Å². The fourth-order valence-corrected chi connectivity index (χ4v) is 3.11. The molecule has 0 radical (unpaired) electrons. The largest absolute Gasteiger partial charge is 0.314 e. The normalized spacial score (nSPS) is 24.6. The summed E-state index contributed by atoms with van der Waals surface area (Å²) in [5.41, 5.74) is 1.47. The Morgan fingerprint density at radius 3 is 2.33 bits per heavy atom. The van der Waals surface area contributed by atoms with E-state index in [1.807, 2.05) is 0 Å². The highest BCUT2D eigenvalue weighted by Crippen LogP contribution is 2.25. The molecule has 104 valence electrons. The zero-order chi connectivity index (χ0) is 13.0. The van der Waals surface area contributed by atoms with E-state index >= 15 is 0 Å². The minimum atomic E-state index is 0.701. The van der Waals surface area contributed by atoms with E-state index in [1.54, 1.807) is 0 Å². The Bertz CT molecular complexity index is 261. The van der Waals surface area contributed by atoms with Crippen LogP contribution in [0, 0.1) is 5.92 Å². The fraction of sp³-hybridized carbons (Fsp3) is 0.867. The minimum Gasteiger partial charge on any atom is -0.314 e. The minimum absolute atomic E-state index is 0.701. The monoisotopic (exact) mass is 251 g/mol. The highest BCUT2D eigenvalue weighted by atomic mass is 15.2. The summed E-state index contributed by atoms with van der Waals surface area (Å²) < 4.78 is 0. The van der Waals surface area contributed by atoms with Gasteiger partial charge in [-0.1, -0.05) is 12.2 Å². The van der Waals surface area contributed by atoms with Crippen LogP contribution in [-0.4, -0.2) is 61.7 Å². The van der Waals surface area contributed by atoms with E-state index in [9.17, 15) is 0 Å². The van der Waals surface area contributed by atoms with Crippen LogP contribution in [0.3, 0.4) is 0 Å². The molecule has 0 unspecified atom stereocenters. The van der Waals surface area contributed by atoms with Gasteiger partial charge < -0.3 is 10.2 Å². The third-order valence-electron chi connectivity index (χ3n) is 4.47. The van der Waals surface area contributed by atoms with E-state index in [-0.39, 0.29) is 0 Å². The molecule has 0 aliphatic carbocycles. The summed E-state index contributed by atoms with van der Waals surface area (Å²) in [6.45, 7) is 17.2. The highest BCUT2D eigenvalue weighted by Gasteiger charge is 2.23. The van der Waals surface area contributed by atoms with Crippen molar-refractivity contribution in [1.29, 1.82) is 0 Å². The summed E-state index contributed by atoms with van der Waals surface area (Å²) in [5, 5.41) is 3.41. The molecule has 0 saturated carbocycles. The van der Waals surface area contributed by atoms with E-state index in [0.717, 1.165) is 25.6 Å². The van der Waals surface area contributed by atoms with Crippen LogP contribution in [-0.2, 0) is 0 Å². The van der Waals surface area contributed by atoms with Crippen LogP contribution in [0.5, 0.6) is 0 Å². The molecule has 0 aromatic carbocycles. The maximum absolute atomic E-state index is 4.36. The van der Waals surface area contributed by atoms with Crippen molar-refractivity contribution in [1.82, 2.24) is 15.1 Å². The molecule has 0 spiro atoms. The van der Waals surface area contributed by atoms with Gasteiger partial charge in [0.25, 0.3) is 0 Å². The molecule has 2 heterocycles. The van der Waals surface area contributed by atoms with Gasteiger partial charge in [-0.25, -0.2) is 0 Å². The standard InChI is InChI=1S/C15H29N3/c1-13(2)18-8-4-15(5-9-18)14(3)12-17-10-6-16-7-11-17/h13,15-16H,3-12H2,1-2H3. The van der Waals surface area contributed by atoms with Gasteiger partial charge in [-0.05, 0) is 45.7 Å². The second-order valence-electron chi connectivity index (χ2n) is 6.09. The lowest BCUT2D eigenvalue weighted by atomic mass is 9.89. The smallest absolute Gasteiger partial charge is 0.0194 e. The topological polar surface area (TPSA) is 18.5 Å². The molecule has 18 heavy (non-hydrogen) atoms. The first-order chi connectivity index (χ1) is 8.66. The van der Waals surface area contributed by atoms with Crippen LogP contribution in [0.25, 0.3) is 0 Å². The zero-order valence-electron chi connectivity index (χ0n) is 12.1. The van der Waals surface area contributed by atoms with Gasteiger partial charge in [0.15, 0.2) is 0 Å². The molecule has 0 bridgehead atoms. The SMILES string of the molecule is C=C(CN1CCNCC1)C1CCN(C(C)C)CC1. The Labute approximate surface area is 112 Å². The van der Waals surface area contributed by atoms with Gasteiger partial charge in [0.05, 0.1) is 0 Å². The van der Waals surface area contributed by atoms with Crippen LogP contribution >= 0.6 is 0 Å². The maximum Gasteiger partial charge on any atom is 0.0194 e. The molecule has 0 aromatic heterocycles. The van der Waals surface area contributed by atoms with E-state index in [0.29, 0.717) is 6.04 Å². The quantitative estimate of drug-likeness (QED) is 0.765. The van der Waals surface area contributed by atoms with Crippen molar-refractivity contribution in [2.24, 2.45) is 5.92 Å². The molecule has 0 atom stereocenters. The molecule has 0 amide bonds. The average molecular weight is 251 g/mol. The summed E-state index contributed by atoms with van der Waals surface area (Å²) in [6.07, 6.45) is 2.62. The van der Waals surface area contributed by atoms with E-state index in [1.165, 1.54) is 44.6 Å². The molecular formula is C15H29N3.